The number of ketones is 1. The van der Waals surface area contributed by atoms with E-state index in [1.54, 1.807) is 36.4 Å². The Hall–Kier alpha value is -3.86. The first kappa shape index (κ1) is 20.4. The first-order valence-corrected chi connectivity index (χ1v) is 10.2. The van der Waals surface area contributed by atoms with Crippen LogP contribution in [-0.4, -0.2) is 21.9 Å². The van der Waals surface area contributed by atoms with Crippen molar-refractivity contribution in [1.29, 1.82) is 0 Å². The lowest BCUT2D eigenvalue weighted by Crippen LogP contribution is -2.29. The molecule has 1 fully saturated rings. The Bertz CT molecular complexity index is 1180. The van der Waals surface area contributed by atoms with Crippen LogP contribution in [0.25, 0.3) is 5.76 Å². The fraction of sp³-hybridized carbons (Fsp3) is 0.154. The maximum atomic E-state index is 13.1. The number of hydrogen-bond donors (Lipinski definition) is 2. The molecule has 1 atom stereocenters. The summed E-state index contributed by atoms with van der Waals surface area (Å²) < 4.78 is 0. The van der Waals surface area contributed by atoms with E-state index < -0.39 is 17.7 Å². The highest BCUT2D eigenvalue weighted by atomic mass is 16.3. The van der Waals surface area contributed by atoms with Crippen molar-refractivity contribution in [1.82, 2.24) is 0 Å². The third-order valence-electron chi connectivity index (χ3n) is 5.59. The lowest BCUT2D eigenvalue weighted by atomic mass is 9.94. The van der Waals surface area contributed by atoms with Gasteiger partial charge in [-0.3, -0.25) is 14.5 Å². The normalized spacial score (nSPS) is 17.9. The average Bonchev–Trinajstić information content (AvgIpc) is 3.06. The fourth-order valence-corrected chi connectivity index (χ4v) is 3.91. The second kappa shape index (κ2) is 8.11. The van der Waals surface area contributed by atoms with E-state index >= 15 is 0 Å². The minimum absolute atomic E-state index is 0.00125. The predicted octanol–water partition coefficient (Wildman–Crippen LogP) is 4.89. The molecule has 0 radical (unpaired) electrons. The molecule has 5 heteroatoms. The van der Waals surface area contributed by atoms with Crippen LogP contribution in [0.3, 0.4) is 0 Å². The number of phenols is 1. The van der Waals surface area contributed by atoms with Gasteiger partial charge >= 0.3 is 0 Å². The van der Waals surface area contributed by atoms with E-state index in [0.29, 0.717) is 11.1 Å². The molecule has 1 unspecified atom stereocenters. The predicted molar refractivity (Wildman–Crippen MR) is 120 cm³/mol. The van der Waals surface area contributed by atoms with Crippen molar-refractivity contribution < 1.29 is 19.8 Å². The number of aryl methyl sites for hydroxylation is 2. The highest BCUT2D eigenvalue weighted by Gasteiger charge is 2.47. The summed E-state index contributed by atoms with van der Waals surface area (Å²) in [6.07, 6.45) is 0.849. The molecule has 1 aliphatic rings. The van der Waals surface area contributed by atoms with Crippen LogP contribution in [0.4, 0.5) is 5.69 Å². The number of carbonyl (C=O) groups is 2. The molecule has 3 aromatic rings. The maximum absolute atomic E-state index is 13.1. The number of nitrogens with zero attached hydrogens (tertiary/aromatic N) is 1. The summed E-state index contributed by atoms with van der Waals surface area (Å²) in [6, 6.07) is 20.3. The summed E-state index contributed by atoms with van der Waals surface area (Å²) >= 11 is 0. The molecule has 3 aromatic carbocycles. The van der Waals surface area contributed by atoms with E-state index in [4.69, 9.17) is 0 Å². The number of Topliss-reactive ketones (excluding diaryl/α,β-unsaturated/α-hetero) is 1. The van der Waals surface area contributed by atoms with Crippen LogP contribution < -0.4 is 4.90 Å². The largest absolute Gasteiger partial charge is 0.507 e. The summed E-state index contributed by atoms with van der Waals surface area (Å²) in [5.41, 5.74) is 3.29. The lowest BCUT2D eigenvalue weighted by molar-refractivity contribution is -0.132. The Morgan fingerprint density at radius 3 is 2.29 bits per heavy atom. The van der Waals surface area contributed by atoms with Gasteiger partial charge in [0.25, 0.3) is 11.7 Å². The van der Waals surface area contributed by atoms with Crippen LogP contribution in [0.2, 0.25) is 0 Å². The summed E-state index contributed by atoms with van der Waals surface area (Å²) in [4.78, 5) is 27.5. The molecule has 4 rings (SSSR count). The zero-order chi connectivity index (χ0) is 22.1. The van der Waals surface area contributed by atoms with Crippen molar-refractivity contribution in [3.05, 3.63) is 101 Å². The molecule has 5 nitrogen and oxygen atoms in total. The van der Waals surface area contributed by atoms with Crippen molar-refractivity contribution >= 4 is 23.1 Å². The van der Waals surface area contributed by atoms with Crippen molar-refractivity contribution in [3.63, 3.8) is 0 Å². The number of amides is 1. The van der Waals surface area contributed by atoms with E-state index in [0.717, 1.165) is 17.5 Å². The molecular weight excluding hydrogens is 390 g/mol. The number of aliphatic hydroxyl groups is 1. The minimum atomic E-state index is -0.861. The molecule has 156 valence electrons. The van der Waals surface area contributed by atoms with E-state index in [1.807, 2.05) is 44.2 Å². The number of anilines is 1. The van der Waals surface area contributed by atoms with Gasteiger partial charge in [-0.1, -0.05) is 67.6 Å². The van der Waals surface area contributed by atoms with Crippen molar-refractivity contribution in [2.45, 2.75) is 26.3 Å². The lowest BCUT2D eigenvalue weighted by Gasteiger charge is -2.26. The van der Waals surface area contributed by atoms with Crippen LogP contribution in [0.5, 0.6) is 5.75 Å². The zero-order valence-corrected chi connectivity index (χ0v) is 17.4. The van der Waals surface area contributed by atoms with E-state index in [1.165, 1.54) is 11.0 Å². The first-order valence-electron chi connectivity index (χ1n) is 10.2. The highest BCUT2D eigenvalue weighted by Crippen LogP contribution is 2.44. The van der Waals surface area contributed by atoms with Crippen LogP contribution in [0.15, 0.2) is 78.4 Å². The molecule has 31 heavy (non-hydrogen) atoms. The van der Waals surface area contributed by atoms with Crippen LogP contribution in [0, 0.1) is 6.92 Å². The SMILES string of the molecule is CCc1ccc(/C(O)=C2\C(=O)C(=O)N(c3cc(C)ccc3O)C2c2ccccc2)cc1. The number of aromatic hydroxyl groups is 1. The van der Waals surface area contributed by atoms with Gasteiger partial charge < -0.3 is 10.2 Å². The smallest absolute Gasteiger partial charge is 0.300 e. The number of carbonyl (C=O) groups excluding carboxylic acids is 2. The van der Waals surface area contributed by atoms with Crippen LogP contribution in [-0.2, 0) is 16.0 Å². The number of aliphatic hydroxyl groups excluding tert-OH is 1. The quantitative estimate of drug-likeness (QED) is 0.363. The van der Waals surface area contributed by atoms with E-state index in [9.17, 15) is 19.8 Å². The average molecular weight is 413 g/mol. The van der Waals surface area contributed by atoms with Gasteiger partial charge in [-0.05, 0) is 42.2 Å². The van der Waals surface area contributed by atoms with Gasteiger partial charge in [-0.2, -0.15) is 0 Å². The van der Waals surface area contributed by atoms with Crippen molar-refractivity contribution in [3.8, 4) is 5.75 Å². The Kier molecular flexibility index (Phi) is 5.34. The van der Waals surface area contributed by atoms with Crippen LogP contribution in [0.1, 0.15) is 35.2 Å². The van der Waals surface area contributed by atoms with Gasteiger partial charge in [0.2, 0.25) is 0 Å². The topological polar surface area (TPSA) is 77.8 Å². The Labute approximate surface area is 180 Å². The molecule has 2 N–H and O–H groups in total. The van der Waals surface area contributed by atoms with Crippen molar-refractivity contribution in [2.24, 2.45) is 0 Å². The van der Waals surface area contributed by atoms with Crippen molar-refractivity contribution in [2.75, 3.05) is 4.90 Å². The Balaban J connectivity index is 1.94. The summed E-state index contributed by atoms with van der Waals surface area (Å²) in [5, 5.41) is 21.6. The molecule has 1 heterocycles. The van der Waals surface area contributed by atoms with Gasteiger partial charge in [0.15, 0.2) is 0 Å². The summed E-state index contributed by atoms with van der Waals surface area (Å²) in [6.45, 7) is 3.87. The molecule has 1 amide bonds. The van der Waals surface area contributed by atoms with Gasteiger partial charge in [0, 0.05) is 5.56 Å². The van der Waals surface area contributed by atoms with Crippen LogP contribution >= 0.6 is 0 Å². The number of hydrogen-bond acceptors (Lipinski definition) is 4. The monoisotopic (exact) mass is 413 g/mol. The number of rotatable bonds is 4. The zero-order valence-electron chi connectivity index (χ0n) is 17.4. The van der Waals surface area contributed by atoms with Gasteiger partial charge in [0.05, 0.1) is 17.3 Å². The molecule has 0 aliphatic carbocycles. The molecule has 0 spiro atoms. The first-order chi connectivity index (χ1) is 14.9. The molecule has 0 aromatic heterocycles. The molecule has 1 aliphatic heterocycles. The maximum Gasteiger partial charge on any atom is 0.300 e. The van der Waals surface area contributed by atoms with E-state index in [-0.39, 0.29) is 22.8 Å². The Morgan fingerprint density at radius 1 is 0.968 bits per heavy atom. The number of benzene rings is 3. The van der Waals surface area contributed by atoms with Gasteiger partial charge in [-0.15, -0.1) is 0 Å². The minimum Gasteiger partial charge on any atom is -0.507 e. The number of phenolic OH excluding ortho intramolecular Hbond substituents is 1. The molecule has 0 bridgehead atoms. The second-order valence-electron chi connectivity index (χ2n) is 7.62. The summed E-state index contributed by atoms with van der Waals surface area (Å²) in [5.74, 6) is -1.92. The molecule has 1 saturated heterocycles. The Morgan fingerprint density at radius 2 is 1.65 bits per heavy atom. The third kappa shape index (κ3) is 3.59. The standard InChI is InChI=1S/C26H23NO4/c1-3-17-10-12-19(13-11-17)24(29)22-23(18-7-5-4-6-8-18)27(26(31)25(22)30)20-15-16(2)9-14-21(20)28/h4-15,23,28-29H,3H2,1-2H3/b24-22+. The van der Waals surface area contributed by atoms with E-state index in [2.05, 4.69) is 0 Å². The summed E-state index contributed by atoms with van der Waals surface area (Å²) in [7, 11) is 0. The second-order valence-corrected chi connectivity index (χ2v) is 7.62. The molecular formula is C26H23NO4. The van der Waals surface area contributed by atoms with Gasteiger partial charge in [0.1, 0.15) is 11.5 Å². The fourth-order valence-electron chi connectivity index (χ4n) is 3.91. The highest BCUT2D eigenvalue weighted by molar-refractivity contribution is 6.51. The third-order valence-corrected chi connectivity index (χ3v) is 5.59. The van der Waals surface area contributed by atoms with Gasteiger partial charge in [-0.25, -0.2) is 0 Å². The molecule has 0 saturated carbocycles.